The van der Waals surface area contributed by atoms with Crippen molar-refractivity contribution in [2.24, 2.45) is 5.92 Å². The van der Waals surface area contributed by atoms with Crippen molar-refractivity contribution in [1.82, 2.24) is 0 Å². The van der Waals surface area contributed by atoms with E-state index in [0.29, 0.717) is 0 Å². The van der Waals surface area contributed by atoms with E-state index in [4.69, 9.17) is 11.6 Å². The molecule has 0 radical (unpaired) electrons. The van der Waals surface area contributed by atoms with E-state index >= 15 is 0 Å². The molecule has 0 aromatic rings. The summed E-state index contributed by atoms with van der Waals surface area (Å²) >= 11 is 6.06. The Kier molecular flexibility index (Phi) is 4.35. The SMILES string of the molecule is CCC[C@@H](C)CC(C)(C)Cl. The van der Waals surface area contributed by atoms with E-state index < -0.39 is 0 Å². The largest absolute Gasteiger partial charge is 0.120 e. The van der Waals surface area contributed by atoms with Gasteiger partial charge in [-0.3, -0.25) is 0 Å². The Morgan fingerprint density at radius 1 is 1.40 bits per heavy atom. The molecule has 0 aromatic heterocycles. The molecule has 0 saturated carbocycles. The maximum Gasteiger partial charge on any atom is 0.0393 e. The van der Waals surface area contributed by atoms with Gasteiger partial charge in [0.25, 0.3) is 0 Å². The minimum absolute atomic E-state index is 0.00537. The Morgan fingerprint density at radius 3 is 2.20 bits per heavy atom. The van der Waals surface area contributed by atoms with Crippen LogP contribution < -0.4 is 0 Å². The Bertz CT molecular complexity index is 81.2. The first-order valence-electron chi connectivity index (χ1n) is 4.14. The van der Waals surface area contributed by atoms with Crippen LogP contribution in [0.15, 0.2) is 0 Å². The Morgan fingerprint density at radius 2 is 1.90 bits per heavy atom. The average Bonchev–Trinajstić information content (AvgIpc) is 1.59. The molecule has 1 atom stereocenters. The van der Waals surface area contributed by atoms with Crippen molar-refractivity contribution in [3.05, 3.63) is 0 Å². The van der Waals surface area contributed by atoms with Crippen molar-refractivity contribution >= 4 is 11.6 Å². The van der Waals surface area contributed by atoms with Gasteiger partial charge in [-0.1, -0.05) is 26.7 Å². The van der Waals surface area contributed by atoms with E-state index in [1.165, 1.54) is 12.8 Å². The van der Waals surface area contributed by atoms with Gasteiger partial charge >= 0.3 is 0 Å². The molecule has 1 heteroatoms. The zero-order valence-electron chi connectivity index (χ0n) is 7.58. The van der Waals surface area contributed by atoms with Crippen LogP contribution in [0.25, 0.3) is 0 Å². The summed E-state index contributed by atoms with van der Waals surface area (Å²) < 4.78 is 0. The normalized spacial score (nSPS) is 15.3. The van der Waals surface area contributed by atoms with Crippen LogP contribution >= 0.6 is 11.6 Å². The first kappa shape index (κ1) is 10.3. The topological polar surface area (TPSA) is 0 Å². The van der Waals surface area contributed by atoms with Gasteiger partial charge in [-0.15, -0.1) is 11.6 Å². The van der Waals surface area contributed by atoms with Gasteiger partial charge in [0.1, 0.15) is 0 Å². The lowest BCUT2D eigenvalue weighted by molar-refractivity contribution is 0.431. The molecule has 0 nitrogen and oxygen atoms in total. The fourth-order valence-corrected chi connectivity index (χ4v) is 1.69. The summed E-state index contributed by atoms with van der Waals surface area (Å²) in [6, 6.07) is 0. The van der Waals surface area contributed by atoms with E-state index in [0.717, 1.165) is 12.3 Å². The molecule has 0 spiro atoms. The van der Waals surface area contributed by atoms with Crippen LogP contribution in [-0.2, 0) is 0 Å². The van der Waals surface area contributed by atoms with Crippen LogP contribution in [0.2, 0.25) is 0 Å². The molecule has 0 heterocycles. The molecule has 0 bridgehead atoms. The quantitative estimate of drug-likeness (QED) is 0.552. The summed E-state index contributed by atoms with van der Waals surface area (Å²) in [6.07, 6.45) is 3.70. The van der Waals surface area contributed by atoms with Gasteiger partial charge in [0.15, 0.2) is 0 Å². The number of hydrogen-bond acceptors (Lipinski definition) is 0. The molecule has 0 aliphatic rings. The van der Waals surface area contributed by atoms with Gasteiger partial charge in [-0.2, -0.15) is 0 Å². The lowest BCUT2D eigenvalue weighted by Gasteiger charge is -2.20. The number of hydrogen-bond donors (Lipinski definition) is 0. The second kappa shape index (κ2) is 4.23. The standard InChI is InChI=1S/C9H19Cl/c1-5-6-8(2)7-9(3,4)10/h8H,5-7H2,1-4H3/t8-/m1/s1. The fraction of sp³-hybridized carbons (Fsp3) is 1.00. The van der Waals surface area contributed by atoms with Crippen LogP contribution in [0.4, 0.5) is 0 Å². The van der Waals surface area contributed by atoms with Gasteiger partial charge in [0.2, 0.25) is 0 Å². The van der Waals surface area contributed by atoms with Crippen LogP contribution in [0.1, 0.15) is 47.0 Å². The number of rotatable bonds is 4. The maximum atomic E-state index is 6.06. The molecular formula is C9H19Cl. The lowest BCUT2D eigenvalue weighted by Crippen LogP contribution is -2.14. The molecule has 0 saturated heterocycles. The molecule has 0 unspecified atom stereocenters. The summed E-state index contributed by atoms with van der Waals surface area (Å²) in [6.45, 7) is 8.66. The van der Waals surface area contributed by atoms with Crippen molar-refractivity contribution in [2.45, 2.75) is 51.8 Å². The molecule has 0 amide bonds. The highest BCUT2D eigenvalue weighted by atomic mass is 35.5. The van der Waals surface area contributed by atoms with Gasteiger partial charge in [0, 0.05) is 4.87 Å². The van der Waals surface area contributed by atoms with E-state index in [1.54, 1.807) is 0 Å². The van der Waals surface area contributed by atoms with Crippen LogP contribution in [0.3, 0.4) is 0 Å². The monoisotopic (exact) mass is 162 g/mol. The van der Waals surface area contributed by atoms with Crippen molar-refractivity contribution < 1.29 is 0 Å². The molecule has 0 aromatic carbocycles. The second-order valence-electron chi connectivity index (χ2n) is 3.82. The highest BCUT2D eigenvalue weighted by Gasteiger charge is 2.16. The third-order valence-electron chi connectivity index (χ3n) is 1.62. The van der Waals surface area contributed by atoms with Crippen LogP contribution in [0, 0.1) is 5.92 Å². The van der Waals surface area contributed by atoms with Crippen LogP contribution in [-0.4, -0.2) is 4.87 Å². The molecular weight excluding hydrogens is 144 g/mol. The van der Waals surface area contributed by atoms with Gasteiger partial charge < -0.3 is 0 Å². The van der Waals surface area contributed by atoms with Gasteiger partial charge in [-0.05, 0) is 26.2 Å². The highest BCUT2D eigenvalue weighted by Crippen LogP contribution is 2.25. The van der Waals surface area contributed by atoms with Crippen molar-refractivity contribution in [3.63, 3.8) is 0 Å². The predicted molar refractivity (Wildman–Crippen MR) is 48.6 cm³/mol. The smallest absolute Gasteiger partial charge is 0.0393 e. The van der Waals surface area contributed by atoms with Gasteiger partial charge in [-0.25, -0.2) is 0 Å². The molecule has 0 aliphatic heterocycles. The summed E-state index contributed by atoms with van der Waals surface area (Å²) in [5, 5.41) is 0. The Hall–Kier alpha value is 0.290. The molecule has 0 rings (SSSR count). The highest BCUT2D eigenvalue weighted by molar-refractivity contribution is 6.23. The molecule has 0 aliphatic carbocycles. The van der Waals surface area contributed by atoms with E-state index in [9.17, 15) is 0 Å². The second-order valence-corrected chi connectivity index (χ2v) is 4.84. The summed E-state index contributed by atoms with van der Waals surface area (Å²) in [4.78, 5) is -0.00537. The summed E-state index contributed by atoms with van der Waals surface area (Å²) in [7, 11) is 0. The molecule has 0 fully saturated rings. The summed E-state index contributed by atoms with van der Waals surface area (Å²) in [5.41, 5.74) is 0. The Labute approximate surface area is 70.0 Å². The molecule has 0 N–H and O–H groups in total. The average molecular weight is 163 g/mol. The zero-order valence-corrected chi connectivity index (χ0v) is 8.33. The lowest BCUT2D eigenvalue weighted by atomic mass is 9.94. The third kappa shape index (κ3) is 6.41. The number of halogens is 1. The molecule has 10 heavy (non-hydrogen) atoms. The van der Waals surface area contributed by atoms with E-state index in [1.807, 2.05) is 0 Å². The zero-order chi connectivity index (χ0) is 8.20. The van der Waals surface area contributed by atoms with Crippen molar-refractivity contribution in [3.8, 4) is 0 Å². The van der Waals surface area contributed by atoms with Crippen LogP contribution in [0.5, 0.6) is 0 Å². The number of alkyl halides is 1. The summed E-state index contributed by atoms with van der Waals surface area (Å²) in [5.74, 6) is 0.775. The third-order valence-corrected chi connectivity index (χ3v) is 1.77. The first-order chi connectivity index (χ1) is 4.45. The van der Waals surface area contributed by atoms with Crippen molar-refractivity contribution in [1.29, 1.82) is 0 Å². The first-order valence-corrected chi connectivity index (χ1v) is 4.52. The van der Waals surface area contributed by atoms with E-state index in [2.05, 4.69) is 27.7 Å². The predicted octanol–water partition coefficient (Wildman–Crippen LogP) is 3.83. The minimum atomic E-state index is -0.00537. The molecule has 62 valence electrons. The fourth-order valence-electron chi connectivity index (χ4n) is 1.42. The van der Waals surface area contributed by atoms with E-state index in [-0.39, 0.29) is 4.87 Å². The Balaban J connectivity index is 3.47. The van der Waals surface area contributed by atoms with Crippen molar-refractivity contribution in [2.75, 3.05) is 0 Å². The minimum Gasteiger partial charge on any atom is -0.120 e. The maximum absolute atomic E-state index is 6.06. The van der Waals surface area contributed by atoms with Gasteiger partial charge in [0.05, 0.1) is 0 Å².